The first-order valence-electron chi connectivity index (χ1n) is 9.23. The molecule has 0 bridgehead atoms. The SMILES string of the molecule is CC(C)[C@@H]1OCCC[C@H]1CNC(=O)c1ccnc(O[C@H]2CCOC2)c1. The second-order valence-electron chi connectivity index (χ2n) is 7.18. The molecular weight excluding hydrogens is 320 g/mol. The quantitative estimate of drug-likeness (QED) is 0.855. The lowest BCUT2D eigenvalue weighted by Crippen LogP contribution is -2.41. The van der Waals surface area contributed by atoms with E-state index in [-0.39, 0.29) is 18.1 Å². The number of nitrogens with zero attached hydrogens (tertiary/aromatic N) is 1. The number of nitrogens with one attached hydrogen (secondary N) is 1. The summed E-state index contributed by atoms with van der Waals surface area (Å²) in [4.78, 5) is 16.7. The summed E-state index contributed by atoms with van der Waals surface area (Å²) in [6.45, 7) is 7.09. The minimum atomic E-state index is -0.0944. The predicted octanol–water partition coefficient (Wildman–Crippen LogP) is 2.43. The monoisotopic (exact) mass is 348 g/mol. The Bertz CT molecular complexity index is 572. The third-order valence-electron chi connectivity index (χ3n) is 4.85. The Balaban J connectivity index is 1.55. The third-order valence-corrected chi connectivity index (χ3v) is 4.85. The van der Waals surface area contributed by atoms with Crippen LogP contribution >= 0.6 is 0 Å². The number of hydrogen-bond donors (Lipinski definition) is 1. The number of carbonyl (C=O) groups is 1. The molecule has 1 aromatic heterocycles. The lowest BCUT2D eigenvalue weighted by molar-refractivity contribution is -0.0510. The fraction of sp³-hybridized carbons (Fsp3) is 0.684. The van der Waals surface area contributed by atoms with Gasteiger partial charge < -0.3 is 19.5 Å². The molecule has 0 aromatic carbocycles. The van der Waals surface area contributed by atoms with E-state index in [1.165, 1.54) is 0 Å². The molecule has 138 valence electrons. The highest BCUT2D eigenvalue weighted by Gasteiger charge is 2.28. The number of rotatable bonds is 6. The molecule has 1 aromatic rings. The number of aromatic nitrogens is 1. The zero-order valence-electron chi connectivity index (χ0n) is 15.1. The molecular formula is C19H28N2O4. The molecule has 6 nitrogen and oxygen atoms in total. The molecule has 0 radical (unpaired) electrons. The Morgan fingerprint density at radius 3 is 3.04 bits per heavy atom. The maximum atomic E-state index is 12.5. The topological polar surface area (TPSA) is 69.7 Å². The van der Waals surface area contributed by atoms with Crippen LogP contribution in [0.2, 0.25) is 0 Å². The van der Waals surface area contributed by atoms with Gasteiger partial charge in [0.05, 0.1) is 19.3 Å². The predicted molar refractivity (Wildman–Crippen MR) is 93.7 cm³/mol. The average Bonchev–Trinajstić information content (AvgIpc) is 3.13. The minimum Gasteiger partial charge on any atom is -0.472 e. The van der Waals surface area contributed by atoms with Gasteiger partial charge in [0.1, 0.15) is 6.10 Å². The van der Waals surface area contributed by atoms with Gasteiger partial charge in [0.25, 0.3) is 5.91 Å². The van der Waals surface area contributed by atoms with Crippen LogP contribution in [-0.2, 0) is 9.47 Å². The van der Waals surface area contributed by atoms with Crippen molar-refractivity contribution in [2.45, 2.75) is 45.3 Å². The van der Waals surface area contributed by atoms with E-state index in [0.29, 0.717) is 43.0 Å². The van der Waals surface area contributed by atoms with Gasteiger partial charge in [-0.25, -0.2) is 4.98 Å². The first-order valence-corrected chi connectivity index (χ1v) is 9.23. The molecule has 0 spiro atoms. The van der Waals surface area contributed by atoms with Crippen LogP contribution in [-0.4, -0.2) is 49.5 Å². The van der Waals surface area contributed by atoms with Crippen molar-refractivity contribution in [3.05, 3.63) is 23.9 Å². The lowest BCUT2D eigenvalue weighted by Gasteiger charge is -2.34. The van der Waals surface area contributed by atoms with Crippen LogP contribution < -0.4 is 10.1 Å². The number of hydrogen-bond acceptors (Lipinski definition) is 5. The van der Waals surface area contributed by atoms with Crippen molar-refractivity contribution in [3.8, 4) is 5.88 Å². The van der Waals surface area contributed by atoms with E-state index in [1.54, 1.807) is 18.3 Å². The molecule has 1 N–H and O–H groups in total. The van der Waals surface area contributed by atoms with Gasteiger partial charge in [-0.05, 0) is 24.8 Å². The standard InChI is InChI=1S/C19H28N2O4/c1-13(2)18-15(4-3-8-24-18)11-21-19(22)14-5-7-20-17(10-14)25-16-6-9-23-12-16/h5,7,10,13,15-16,18H,3-4,6,8-9,11-12H2,1-2H3,(H,21,22)/t15-,16-,18-/m0/s1. The van der Waals surface area contributed by atoms with Crippen LogP contribution in [0.1, 0.15) is 43.5 Å². The van der Waals surface area contributed by atoms with Crippen molar-refractivity contribution in [2.24, 2.45) is 11.8 Å². The van der Waals surface area contributed by atoms with E-state index in [4.69, 9.17) is 14.2 Å². The molecule has 0 saturated carbocycles. The van der Waals surface area contributed by atoms with Crippen molar-refractivity contribution < 1.29 is 19.0 Å². The Labute approximate surface area is 149 Å². The van der Waals surface area contributed by atoms with Crippen molar-refractivity contribution in [3.63, 3.8) is 0 Å². The van der Waals surface area contributed by atoms with Gasteiger partial charge in [-0.15, -0.1) is 0 Å². The molecule has 3 rings (SSSR count). The molecule has 2 saturated heterocycles. The molecule has 25 heavy (non-hydrogen) atoms. The summed E-state index contributed by atoms with van der Waals surface area (Å²) >= 11 is 0. The summed E-state index contributed by atoms with van der Waals surface area (Å²) in [6.07, 6.45) is 4.86. The molecule has 0 aliphatic carbocycles. The van der Waals surface area contributed by atoms with Gasteiger partial charge in [0, 0.05) is 43.3 Å². The van der Waals surface area contributed by atoms with Gasteiger partial charge in [-0.2, -0.15) is 0 Å². The van der Waals surface area contributed by atoms with Gasteiger partial charge >= 0.3 is 0 Å². The van der Waals surface area contributed by atoms with Crippen molar-refractivity contribution in [1.29, 1.82) is 0 Å². The Morgan fingerprint density at radius 2 is 2.28 bits per heavy atom. The number of ether oxygens (including phenoxy) is 3. The minimum absolute atomic E-state index is 0.0250. The molecule has 2 aliphatic heterocycles. The molecule has 2 fully saturated rings. The summed E-state index contributed by atoms with van der Waals surface area (Å²) in [5, 5.41) is 3.05. The summed E-state index contributed by atoms with van der Waals surface area (Å²) in [6, 6.07) is 3.41. The van der Waals surface area contributed by atoms with E-state index in [2.05, 4.69) is 24.1 Å². The summed E-state index contributed by atoms with van der Waals surface area (Å²) in [5.41, 5.74) is 0.571. The second kappa shape index (κ2) is 8.63. The van der Waals surface area contributed by atoms with Crippen molar-refractivity contribution >= 4 is 5.91 Å². The highest BCUT2D eigenvalue weighted by molar-refractivity contribution is 5.94. The van der Waals surface area contributed by atoms with Crippen LogP contribution in [0, 0.1) is 11.8 Å². The molecule has 3 heterocycles. The van der Waals surface area contributed by atoms with Crippen LogP contribution in [0.15, 0.2) is 18.3 Å². The van der Waals surface area contributed by atoms with Gasteiger partial charge in [0.2, 0.25) is 5.88 Å². The summed E-state index contributed by atoms with van der Waals surface area (Å²) in [7, 11) is 0. The summed E-state index contributed by atoms with van der Waals surface area (Å²) < 4.78 is 17.0. The largest absolute Gasteiger partial charge is 0.472 e. The van der Waals surface area contributed by atoms with E-state index in [1.807, 2.05) is 0 Å². The van der Waals surface area contributed by atoms with Crippen molar-refractivity contribution in [1.82, 2.24) is 10.3 Å². The number of carbonyl (C=O) groups excluding carboxylic acids is 1. The van der Waals surface area contributed by atoms with Crippen LogP contribution in [0.3, 0.4) is 0 Å². The van der Waals surface area contributed by atoms with Gasteiger partial charge in [-0.3, -0.25) is 4.79 Å². The van der Waals surface area contributed by atoms with E-state index in [9.17, 15) is 4.79 Å². The summed E-state index contributed by atoms with van der Waals surface area (Å²) in [5.74, 6) is 1.20. The molecule has 3 atom stereocenters. The fourth-order valence-corrected chi connectivity index (χ4v) is 3.54. The Kier molecular flexibility index (Phi) is 6.26. The number of pyridine rings is 1. The van der Waals surface area contributed by atoms with Gasteiger partial charge in [-0.1, -0.05) is 13.8 Å². The first-order chi connectivity index (χ1) is 12.1. The molecule has 0 unspecified atom stereocenters. The maximum Gasteiger partial charge on any atom is 0.251 e. The van der Waals surface area contributed by atoms with Crippen LogP contribution in [0.4, 0.5) is 0 Å². The van der Waals surface area contributed by atoms with Gasteiger partial charge in [0.15, 0.2) is 0 Å². The normalized spacial score (nSPS) is 26.6. The molecule has 1 amide bonds. The van der Waals surface area contributed by atoms with Crippen LogP contribution in [0.25, 0.3) is 0 Å². The first kappa shape index (κ1) is 18.1. The van der Waals surface area contributed by atoms with Crippen molar-refractivity contribution in [2.75, 3.05) is 26.4 Å². The number of amides is 1. The molecule has 2 aliphatic rings. The average molecular weight is 348 g/mol. The highest BCUT2D eigenvalue weighted by atomic mass is 16.5. The second-order valence-corrected chi connectivity index (χ2v) is 7.18. The smallest absolute Gasteiger partial charge is 0.251 e. The van der Waals surface area contributed by atoms with Crippen LogP contribution in [0.5, 0.6) is 5.88 Å². The Morgan fingerprint density at radius 1 is 1.40 bits per heavy atom. The fourth-order valence-electron chi connectivity index (χ4n) is 3.54. The van der Waals surface area contributed by atoms with E-state index < -0.39 is 0 Å². The zero-order valence-corrected chi connectivity index (χ0v) is 15.1. The Hall–Kier alpha value is -1.66. The highest BCUT2D eigenvalue weighted by Crippen LogP contribution is 2.26. The third kappa shape index (κ3) is 4.92. The van der Waals surface area contributed by atoms with E-state index >= 15 is 0 Å². The lowest BCUT2D eigenvalue weighted by atomic mass is 9.87. The zero-order chi connectivity index (χ0) is 17.6. The molecule has 6 heteroatoms. The maximum absolute atomic E-state index is 12.5. The van der Waals surface area contributed by atoms with E-state index in [0.717, 1.165) is 25.9 Å².